The summed E-state index contributed by atoms with van der Waals surface area (Å²) in [6.45, 7) is 3.15. The maximum Gasteiger partial charge on any atom is 0.341 e. The van der Waals surface area contributed by atoms with Gasteiger partial charge in [0.1, 0.15) is 5.75 Å². The Morgan fingerprint density at radius 1 is 1.04 bits per heavy atom. The summed E-state index contributed by atoms with van der Waals surface area (Å²) < 4.78 is 15.7. The first-order valence-corrected chi connectivity index (χ1v) is 8.26. The van der Waals surface area contributed by atoms with Crippen molar-refractivity contribution in [3.8, 4) is 17.2 Å². The zero-order valence-electron chi connectivity index (χ0n) is 15.7. The minimum Gasteiger partial charge on any atom is -0.493 e. The fraction of sp³-hybridized carbons (Fsp3) is 0.300. The maximum atomic E-state index is 12.8. The number of carbonyl (C=O) groups excluding carboxylic acids is 1. The number of ether oxygens (including phenoxy) is 3. The summed E-state index contributed by atoms with van der Waals surface area (Å²) >= 11 is 0. The lowest BCUT2D eigenvalue weighted by atomic mass is 9.83. The molecule has 0 unspecified atom stereocenters. The van der Waals surface area contributed by atoms with Crippen LogP contribution >= 0.6 is 0 Å². The number of amides is 1. The molecule has 0 radical (unpaired) electrons. The Balaban J connectivity index is 2.19. The van der Waals surface area contributed by atoms with Gasteiger partial charge in [0.05, 0.1) is 19.6 Å². The zero-order valence-corrected chi connectivity index (χ0v) is 15.7. The van der Waals surface area contributed by atoms with E-state index in [9.17, 15) is 9.59 Å². The molecule has 0 fully saturated rings. The van der Waals surface area contributed by atoms with Crippen LogP contribution in [0.3, 0.4) is 0 Å². The highest BCUT2D eigenvalue weighted by atomic mass is 16.5. The van der Waals surface area contributed by atoms with E-state index in [1.165, 1.54) is 7.11 Å². The molecule has 7 heteroatoms. The molecule has 0 aromatic heterocycles. The lowest BCUT2D eigenvalue weighted by Crippen LogP contribution is -2.34. The second-order valence-corrected chi connectivity index (χ2v) is 6.36. The number of nitrogens with one attached hydrogen (secondary N) is 1. The van der Waals surface area contributed by atoms with Crippen LogP contribution in [0.15, 0.2) is 42.5 Å². The monoisotopic (exact) mass is 373 g/mol. The molecule has 27 heavy (non-hydrogen) atoms. The van der Waals surface area contributed by atoms with Crippen LogP contribution < -0.4 is 19.5 Å². The number of benzene rings is 2. The number of rotatable bonds is 8. The van der Waals surface area contributed by atoms with Crippen LogP contribution in [0.5, 0.6) is 17.2 Å². The predicted molar refractivity (Wildman–Crippen MR) is 101 cm³/mol. The number of carbonyl (C=O) groups is 2. The first-order valence-electron chi connectivity index (χ1n) is 8.26. The standard InChI is InChI=1S/C20H23NO6/c1-20(2,13-8-9-16(25-3)17(10-13)26-4)19(24)21-14-6-5-7-15(11-14)27-12-18(22)23/h5-11H,12H2,1-4H3,(H,21,24)(H,22,23). The van der Waals surface area contributed by atoms with Crippen molar-refractivity contribution in [2.24, 2.45) is 0 Å². The molecular weight excluding hydrogens is 350 g/mol. The largest absolute Gasteiger partial charge is 0.493 e. The minimum absolute atomic E-state index is 0.231. The van der Waals surface area contributed by atoms with Crippen LogP contribution in [0, 0.1) is 0 Å². The summed E-state index contributed by atoms with van der Waals surface area (Å²) in [4.78, 5) is 23.5. The van der Waals surface area contributed by atoms with Crippen molar-refractivity contribution in [2.45, 2.75) is 19.3 Å². The van der Waals surface area contributed by atoms with Crippen molar-refractivity contribution < 1.29 is 28.9 Å². The van der Waals surface area contributed by atoms with Crippen LogP contribution in [0.1, 0.15) is 19.4 Å². The van der Waals surface area contributed by atoms with E-state index in [1.807, 2.05) is 6.07 Å². The molecule has 0 saturated heterocycles. The predicted octanol–water partition coefficient (Wildman–Crippen LogP) is 3.08. The van der Waals surface area contributed by atoms with Gasteiger partial charge in [0.15, 0.2) is 18.1 Å². The third-order valence-electron chi connectivity index (χ3n) is 4.13. The van der Waals surface area contributed by atoms with E-state index < -0.39 is 18.0 Å². The van der Waals surface area contributed by atoms with Gasteiger partial charge in [-0.2, -0.15) is 0 Å². The summed E-state index contributed by atoms with van der Waals surface area (Å²) in [6.07, 6.45) is 0. The number of anilines is 1. The van der Waals surface area contributed by atoms with E-state index in [0.717, 1.165) is 5.56 Å². The van der Waals surface area contributed by atoms with E-state index in [-0.39, 0.29) is 5.91 Å². The van der Waals surface area contributed by atoms with Gasteiger partial charge in [0.2, 0.25) is 5.91 Å². The molecule has 0 aliphatic carbocycles. The van der Waals surface area contributed by atoms with Crippen LogP contribution in [-0.4, -0.2) is 37.8 Å². The van der Waals surface area contributed by atoms with Gasteiger partial charge in [-0.1, -0.05) is 12.1 Å². The molecule has 144 valence electrons. The Morgan fingerprint density at radius 2 is 1.74 bits per heavy atom. The molecule has 7 nitrogen and oxygen atoms in total. The molecule has 0 aliphatic heterocycles. The lowest BCUT2D eigenvalue weighted by molar-refractivity contribution is -0.139. The molecule has 0 saturated carbocycles. The van der Waals surface area contributed by atoms with Crippen molar-refractivity contribution in [1.82, 2.24) is 0 Å². The number of aliphatic carboxylic acids is 1. The summed E-state index contributed by atoms with van der Waals surface area (Å²) in [6, 6.07) is 11.9. The Bertz CT molecular complexity index is 831. The van der Waals surface area contributed by atoms with Crippen molar-refractivity contribution in [3.05, 3.63) is 48.0 Å². The fourth-order valence-electron chi connectivity index (χ4n) is 2.45. The Labute approximate surface area is 157 Å². The number of hydrogen-bond acceptors (Lipinski definition) is 5. The minimum atomic E-state index is -1.07. The third kappa shape index (κ3) is 4.91. The lowest BCUT2D eigenvalue weighted by Gasteiger charge is -2.25. The van der Waals surface area contributed by atoms with Gasteiger partial charge in [0.25, 0.3) is 0 Å². The van der Waals surface area contributed by atoms with Crippen molar-refractivity contribution in [1.29, 1.82) is 0 Å². The van der Waals surface area contributed by atoms with Gasteiger partial charge in [-0.05, 0) is 43.7 Å². The topological polar surface area (TPSA) is 94.1 Å². The second-order valence-electron chi connectivity index (χ2n) is 6.36. The molecule has 0 aliphatic rings. The van der Waals surface area contributed by atoms with E-state index >= 15 is 0 Å². The maximum absolute atomic E-state index is 12.8. The average Bonchev–Trinajstić information content (AvgIpc) is 2.65. The number of hydrogen-bond donors (Lipinski definition) is 2. The smallest absolute Gasteiger partial charge is 0.341 e. The normalized spacial score (nSPS) is 10.8. The molecule has 0 heterocycles. The van der Waals surface area contributed by atoms with Gasteiger partial charge < -0.3 is 24.6 Å². The van der Waals surface area contributed by atoms with Gasteiger partial charge >= 0.3 is 5.97 Å². The molecular formula is C20H23NO6. The summed E-state index contributed by atoms with van der Waals surface area (Å²) in [5.41, 5.74) is 0.421. The quantitative estimate of drug-likeness (QED) is 0.738. The van der Waals surface area contributed by atoms with E-state index in [1.54, 1.807) is 57.4 Å². The van der Waals surface area contributed by atoms with Gasteiger partial charge in [-0.25, -0.2) is 4.79 Å². The number of carboxylic acids is 1. The Hall–Kier alpha value is -3.22. The fourth-order valence-corrected chi connectivity index (χ4v) is 2.45. The van der Waals surface area contributed by atoms with E-state index in [2.05, 4.69) is 5.32 Å². The van der Waals surface area contributed by atoms with Crippen LogP contribution in [-0.2, 0) is 15.0 Å². The highest BCUT2D eigenvalue weighted by Gasteiger charge is 2.31. The second kappa shape index (κ2) is 8.44. The zero-order chi connectivity index (χ0) is 20.0. The van der Waals surface area contributed by atoms with Crippen molar-refractivity contribution in [2.75, 3.05) is 26.1 Å². The van der Waals surface area contributed by atoms with Crippen molar-refractivity contribution >= 4 is 17.6 Å². The molecule has 2 aromatic carbocycles. The summed E-state index contributed by atoms with van der Waals surface area (Å²) in [7, 11) is 3.09. The molecule has 0 atom stereocenters. The number of carboxylic acid groups (broad SMARTS) is 1. The Morgan fingerprint density at radius 3 is 2.37 bits per heavy atom. The molecule has 2 N–H and O–H groups in total. The highest BCUT2D eigenvalue weighted by Crippen LogP contribution is 2.34. The first-order chi connectivity index (χ1) is 12.8. The average molecular weight is 373 g/mol. The molecule has 2 aromatic rings. The van der Waals surface area contributed by atoms with Gasteiger partial charge in [-0.15, -0.1) is 0 Å². The first kappa shape index (κ1) is 20.1. The van der Waals surface area contributed by atoms with Crippen LogP contribution in [0.2, 0.25) is 0 Å². The van der Waals surface area contributed by atoms with Gasteiger partial charge in [0, 0.05) is 11.8 Å². The molecule has 0 spiro atoms. The molecule has 0 bridgehead atoms. The molecule has 2 rings (SSSR count). The van der Waals surface area contributed by atoms with Crippen LogP contribution in [0.4, 0.5) is 5.69 Å². The number of methoxy groups -OCH3 is 2. The van der Waals surface area contributed by atoms with E-state index in [4.69, 9.17) is 19.3 Å². The van der Waals surface area contributed by atoms with Crippen molar-refractivity contribution in [3.63, 3.8) is 0 Å². The van der Waals surface area contributed by atoms with Crippen LogP contribution in [0.25, 0.3) is 0 Å². The van der Waals surface area contributed by atoms with E-state index in [0.29, 0.717) is 22.9 Å². The third-order valence-corrected chi connectivity index (χ3v) is 4.13. The Kier molecular flexibility index (Phi) is 6.28. The SMILES string of the molecule is COc1ccc(C(C)(C)C(=O)Nc2cccc(OCC(=O)O)c2)cc1OC. The van der Waals surface area contributed by atoms with Gasteiger partial charge in [-0.3, -0.25) is 4.79 Å². The molecule has 1 amide bonds. The summed E-state index contributed by atoms with van der Waals surface area (Å²) in [5, 5.41) is 11.5. The summed E-state index contributed by atoms with van der Waals surface area (Å²) in [5.74, 6) is 0.184. The highest BCUT2D eigenvalue weighted by molar-refractivity contribution is 5.98.